The van der Waals surface area contributed by atoms with Crippen molar-refractivity contribution in [3.8, 4) is 11.1 Å². The Kier molecular flexibility index (Phi) is 9.43. The van der Waals surface area contributed by atoms with E-state index in [-0.39, 0.29) is 24.3 Å². The molecule has 226 valence electrons. The average molecular weight is 600 g/mol. The summed E-state index contributed by atoms with van der Waals surface area (Å²) in [6.07, 6.45) is -1.47. The quantitative estimate of drug-likeness (QED) is 0.234. The van der Waals surface area contributed by atoms with Crippen LogP contribution in [0.4, 0.5) is 13.2 Å². The van der Waals surface area contributed by atoms with Gasteiger partial charge in [-0.05, 0) is 71.8 Å². The number of amides is 3. The van der Waals surface area contributed by atoms with E-state index < -0.39 is 17.8 Å². The number of nitrogens with zero attached hydrogens (tertiary/aromatic N) is 1. The van der Waals surface area contributed by atoms with Crippen molar-refractivity contribution in [3.63, 3.8) is 0 Å². The third-order valence-electron chi connectivity index (χ3n) is 7.69. The van der Waals surface area contributed by atoms with Crippen LogP contribution < -0.4 is 10.6 Å². The molecule has 9 heteroatoms. The van der Waals surface area contributed by atoms with E-state index in [1.807, 2.05) is 35.2 Å². The minimum absolute atomic E-state index is 0.125. The molecule has 0 bridgehead atoms. The molecule has 1 aliphatic heterocycles. The Morgan fingerprint density at radius 3 is 2.02 bits per heavy atom. The smallest absolute Gasteiger partial charge is 0.348 e. The van der Waals surface area contributed by atoms with Gasteiger partial charge in [0.15, 0.2) is 0 Å². The summed E-state index contributed by atoms with van der Waals surface area (Å²) in [5, 5.41) is 5.75. The molecule has 44 heavy (non-hydrogen) atoms. The molecule has 1 fully saturated rings. The van der Waals surface area contributed by atoms with E-state index in [0.717, 1.165) is 37.0 Å². The highest BCUT2D eigenvalue weighted by Crippen LogP contribution is 2.32. The van der Waals surface area contributed by atoms with Crippen molar-refractivity contribution in [3.05, 3.63) is 131 Å². The molecule has 0 spiro atoms. The van der Waals surface area contributed by atoms with Crippen LogP contribution in [0.1, 0.15) is 62.7 Å². The fourth-order valence-electron chi connectivity index (χ4n) is 5.27. The summed E-state index contributed by atoms with van der Waals surface area (Å²) in [5.41, 5.74) is 2.40. The maximum Gasteiger partial charge on any atom is 0.416 e. The fourth-order valence-corrected chi connectivity index (χ4v) is 5.27. The first-order chi connectivity index (χ1) is 21.2. The van der Waals surface area contributed by atoms with Crippen LogP contribution in [0.15, 0.2) is 103 Å². The van der Waals surface area contributed by atoms with Crippen LogP contribution in [0.3, 0.4) is 0 Å². The van der Waals surface area contributed by atoms with E-state index in [2.05, 4.69) is 10.6 Å². The normalized spacial score (nSPS) is 14.0. The van der Waals surface area contributed by atoms with E-state index in [9.17, 15) is 27.6 Å². The monoisotopic (exact) mass is 599 g/mol. The molecule has 6 nitrogen and oxygen atoms in total. The molecule has 4 aromatic rings. The van der Waals surface area contributed by atoms with Gasteiger partial charge < -0.3 is 15.5 Å². The number of halogens is 3. The molecule has 2 N–H and O–H groups in total. The molecule has 0 aromatic heterocycles. The zero-order valence-corrected chi connectivity index (χ0v) is 23.9. The van der Waals surface area contributed by atoms with E-state index in [4.69, 9.17) is 0 Å². The van der Waals surface area contributed by atoms with Gasteiger partial charge in [0.2, 0.25) is 5.91 Å². The predicted molar refractivity (Wildman–Crippen MR) is 162 cm³/mol. The first kappa shape index (κ1) is 30.5. The van der Waals surface area contributed by atoms with Crippen molar-refractivity contribution in [2.24, 2.45) is 0 Å². The Morgan fingerprint density at radius 2 is 1.36 bits per heavy atom. The summed E-state index contributed by atoms with van der Waals surface area (Å²) >= 11 is 0. The van der Waals surface area contributed by atoms with Crippen LogP contribution in [0.25, 0.3) is 11.1 Å². The molecule has 0 aliphatic carbocycles. The number of alkyl halides is 3. The van der Waals surface area contributed by atoms with Crippen LogP contribution in [-0.2, 0) is 17.5 Å². The molecular formula is C35H32F3N3O3. The second-order valence-corrected chi connectivity index (χ2v) is 10.7. The number of benzene rings is 4. The first-order valence-corrected chi connectivity index (χ1v) is 14.5. The number of piperidine rings is 1. The Morgan fingerprint density at radius 1 is 0.727 bits per heavy atom. The summed E-state index contributed by atoms with van der Waals surface area (Å²) in [6, 6.07) is 26.5. The minimum Gasteiger partial charge on any atom is -0.348 e. The maximum absolute atomic E-state index is 13.4. The van der Waals surface area contributed by atoms with Crippen LogP contribution in [0.5, 0.6) is 0 Å². The lowest BCUT2D eigenvalue weighted by atomic mass is 9.98. The number of nitrogens with one attached hydrogen (secondary N) is 2. The van der Waals surface area contributed by atoms with Crippen molar-refractivity contribution in [1.82, 2.24) is 15.5 Å². The predicted octanol–water partition coefficient (Wildman–Crippen LogP) is 6.79. The minimum atomic E-state index is -4.44. The summed E-state index contributed by atoms with van der Waals surface area (Å²) in [4.78, 5) is 41.5. The van der Waals surface area contributed by atoms with Gasteiger partial charge in [0, 0.05) is 30.8 Å². The number of hydrogen-bond donors (Lipinski definition) is 2. The summed E-state index contributed by atoms with van der Waals surface area (Å²) in [6.45, 7) is 1.52. The molecule has 1 atom stereocenters. The van der Waals surface area contributed by atoms with Crippen LogP contribution >= 0.6 is 0 Å². The number of rotatable bonds is 8. The van der Waals surface area contributed by atoms with Gasteiger partial charge in [-0.25, -0.2) is 0 Å². The highest BCUT2D eigenvalue weighted by molar-refractivity contribution is 6.01. The third-order valence-corrected chi connectivity index (χ3v) is 7.69. The lowest BCUT2D eigenvalue weighted by molar-refractivity contribution is -0.137. The van der Waals surface area contributed by atoms with Crippen LogP contribution in [-0.4, -0.2) is 35.7 Å². The molecular weight excluding hydrogens is 567 g/mol. The molecule has 3 amide bonds. The van der Waals surface area contributed by atoms with Crippen molar-refractivity contribution in [2.75, 3.05) is 13.1 Å². The standard InChI is InChI=1S/C35H32F3N3O3/c36-35(37,38)28-19-17-25(18-20-28)29-11-5-6-12-30(29)33(43)39-23-24-13-15-27(16-14-24)32(42)40-31(26-9-3-1-4-10-26)34(44)41-21-7-2-8-22-41/h1,3-6,9-20,31H,2,7-8,21-23H2,(H,39,43)(H,40,42)/t31-/m0/s1. The van der Waals surface area contributed by atoms with Gasteiger partial charge in [-0.2, -0.15) is 13.2 Å². The molecule has 1 aliphatic rings. The van der Waals surface area contributed by atoms with Gasteiger partial charge in [0.1, 0.15) is 6.04 Å². The van der Waals surface area contributed by atoms with Crippen molar-refractivity contribution in [2.45, 2.75) is 38.0 Å². The topological polar surface area (TPSA) is 78.5 Å². The van der Waals surface area contributed by atoms with Gasteiger partial charge >= 0.3 is 6.18 Å². The molecule has 0 radical (unpaired) electrons. The lowest BCUT2D eigenvalue weighted by Crippen LogP contribution is -2.45. The number of carbonyl (C=O) groups excluding carboxylic acids is 3. The van der Waals surface area contributed by atoms with Gasteiger partial charge in [0.05, 0.1) is 5.56 Å². The fraction of sp³-hybridized carbons (Fsp3) is 0.229. The largest absolute Gasteiger partial charge is 0.416 e. The molecule has 1 heterocycles. The molecule has 1 saturated heterocycles. The van der Waals surface area contributed by atoms with Crippen molar-refractivity contribution >= 4 is 17.7 Å². The highest BCUT2D eigenvalue weighted by atomic mass is 19.4. The van der Waals surface area contributed by atoms with E-state index >= 15 is 0 Å². The maximum atomic E-state index is 13.4. The van der Waals surface area contributed by atoms with E-state index in [1.165, 1.54) is 12.1 Å². The van der Waals surface area contributed by atoms with Gasteiger partial charge in [0.25, 0.3) is 11.8 Å². The van der Waals surface area contributed by atoms with E-state index in [0.29, 0.717) is 40.9 Å². The second kappa shape index (κ2) is 13.6. The van der Waals surface area contributed by atoms with Crippen molar-refractivity contribution < 1.29 is 27.6 Å². The second-order valence-electron chi connectivity index (χ2n) is 10.7. The van der Waals surface area contributed by atoms with Gasteiger partial charge in [-0.3, -0.25) is 14.4 Å². The zero-order valence-electron chi connectivity index (χ0n) is 23.9. The number of likely N-dealkylation sites (tertiary alicyclic amines) is 1. The van der Waals surface area contributed by atoms with Gasteiger partial charge in [-0.1, -0.05) is 72.8 Å². The van der Waals surface area contributed by atoms with Crippen LogP contribution in [0.2, 0.25) is 0 Å². The first-order valence-electron chi connectivity index (χ1n) is 14.5. The highest BCUT2D eigenvalue weighted by Gasteiger charge is 2.30. The van der Waals surface area contributed by atoms with E-state index in [1.54, 1.807) is 48.5 Å². The summed E-state index contributed by atoms with van der Waals surface area (Å²) in [7, 11) is 0. The average Bonchev–Trinajstić information content (AvgIpc) is 3.06. The Bertz CT molecular complexity index is 1600. The Balaban J connectivity index is 1.24. The van der Waals surface area contributed by atoms with Crippen molar-refractivity contribution in [1.29, 1.82) is 0 Å². The number of carbonyl (C=O) groups is 3. The number of hydrogen-bond acceptors (Lipinski definition) is 3. The molecule has 0 unspecified atom stereocenters. The third kappa shape index (κ3) is 7.34. The molecule has 4 aromatic carbocycles. The lowest BCUT2D eigenvalue weighted by Gasteiger charge is -2.31. The molecule has 5 rings (SSSR count). The summed E-state index contributed by atoms with van der Waals surface area (Å²) in [5.74, 6) is -0.894. The van der Waals surface area contributed by atoms with Crippen LogP contribution in [0, 0.1) is 0 Å². The summed E-state index contributed by atoms with van der Waals surface area (Å²) < 4.78 is 39.0. The Hall–Kier alpha value is -4.92. The molecule has 0 saturated carbocycles. The van der Waals surface area contributed by atoms with Gasteiger partial charge in [-0.15, -0.1) is 0 Å². The Labute approximate surface area is 253 Å². The zero-order chi connectivity index (χ0) is 31.1. The SMILES string of the molecule is O=C(N[C@H](C(=O)N1CCCCC1)c1ccccc1)c1ccc(CNC(=O)c2ccccc2-c2ccc(C(F)(F)F)cc2)cc1.